The average Bonchev–Trinajstić information content (AvgIpc) is 3.22. The van der Waals surface area contributed by atoms with Crippen LogP contribution in [0.15, 0.2) is 36.8 Å². The van der Waals surface area contributed by atoms with Crippen molar-refractivity contribution in [2.45, 2.75) is 26.4 Å². The van der Waals surface area contributed by atoms with Gasteiger partial charge in [-0.25, -0.2) is 9.67 Å². The third-order valence-electron chi connectivity index (χ3n) is 3.99. The molecule has 10 nitrogen and oxygen atoms in total. The minimum atomic E-state index is -0.762. The summed E-state index contributed by atoms with van der Waals surface area (Å²) in [5.74, 6) is -0.291. The SMILES string of the molecule is Cc1c([N+](=O)[O-])cnn1C(C)C(=O)Nc1ncn(Cc2ccc(Cl)cc2)n1. The van der Waals surface area contributed by atoms with Gasteiger partial charge < -0.3 is 0 Å². The van der Waals surface area contributed by atoms with E-state index in [2.05, 4.69) is 20.5 Å². The first kappa shape index (κ1) is 18.5. The molecule has 2 aromatic heterocycles. The van der Waals surface area contributed by atoms with E-state index < -0.39 is 16.9 Å². The number of carbonyl (C=O) groups excluding carboxylic acids is 1. The molecule has 1 amide bonds. The number of carbonyl (C=O) groups is 1. The van der Waals surface area contributed by atoms with E-state index in [1.807, 2.05) is 12.1 Å². The highest BCUT2D eigenvalue weighted by molar-refractivity contribution is 6.30. The predicted octanol–water partition coefficient (Wildman–Crippen LogP) is 2.59. The first-order chi connectivity index (χ1) is 12.8. The Bertz CT molecular complexity index is 980. The van der Waals surface area contributed by atoms with Crippen LogP contribution >= 0.6 is 11.6 Å². The fraction of sp³-hybridized carbons (Fsp3) is 0.250. The summed E-state index contributed by atoms with van der Waals surface area (Å²) in [4.78, 5) is 26.8. The van der Waals surface area contributed by atoms with Gasteiger partial charge in [0.25, 0.3) is 5.91 Å². The van der Waals surface area contributed by atoms with Crippen molar-refractivity contribution in [1.82, 2.24) is 24.5 Å². The smallest absolute Gasteiger partial charge is 0.291 e. The van der Waals surface area contributed by atoms with Gasteiger partial charge in [0.15, 0.2) is 0 Å². The lowest BCUT2D eigenvalue weighted by molar-refractivity contribution is -0.385. The predicted molar refractivity (Wildman–Crippen MR) is 97.5 cm³/mol. The average molecular weight is 390 g/mol. The van der Waals surface area contributed by atoms with Crippen LogP contribution in [0.4, 0.5) is 11.6 Å². The molecule has 0 saturated carbocycles. The number of anilines is 1. The molecule has 0 aliphatic carbocycles. The second kappa shape index (κ2) is 7.54. The Morgan fingerprint density at radius 3 is 2.70 bits per heavy atom. The van der Waals surface area contributed by atoms with Gasteiger partial charge in [-0.1, -0.05) is 23.7 Å². The van der Waals surface area contributed by atoms with Crippen molar-refractivity contribution in [1.29, 1.82) is 0 Å². The summed E-state index contributed by atoms with van der Waals surface area (Å²) in [6.07, 6.45) is 2.62. The molecule has 3 rings (SSSR count). The first-order valence-electron chi connectivity index (χ1n) is 7.98. The monoisotopic (exact) mass is 389 g/mol. The lowest BCUT2D eigenvalue weighted by Gasteiger charge is -2.12. The highest BCUT2D eigenvalue weighted by atomic mass is 35.5. The van der Waals surface area contributed by atoms with E-state index in [4.69, 9.17) is 11.6 Å². The summed E-state index contributed by atoms with van der Waals surface area (Å²) >= 11 is 5.86. The van der Waals surface area contributed by atoms with Crippen LogP contribution in [0, 0.1) is 17.0 Å². The molecule has 0 spiro atoms. The van der Waals surface area contributed by atoms with Gasteiger partial charge in [-0.2, -0.15) is 5.10 Å². The van der Waals surface area contributed by atoms with E-state index in [1.165, 1.54) is 17.9 Å². The minimum Gasteiger partial charge on any atom is -0.291 e. The molecule has 2 heterocycles. The van der Waals surface area contributed by atoms with Gasteiger partial charge in [-0.05, 0) is 31.5 Å². The fourth-order valence-electron chi connectivity index (χ4n) is 2.51. The van der Waals surface area contributed by atoms with E-state index in [-0.39, 0.29) is 11.6 Å². The normalized spacial score (nSPS) is 12.0. The highest BCUT2D eigenvalue weighted by Gasteiger charge is 2.24. The molecular formula is C16H16ClN7O3. The van der Waals surface area contributed by atoms with Crippen LogP contribution in [0.3, 0.4) is 0 Å². The zero-order chi connectivity index (χ0) is 19.6. The number of amides is 1. The van der Waals surface area contributed by atoms with Crippen molar-refractivity contribution in [2.75, 3.05) is 5.32 Å². The Balaban J connectivity index is 1.66. The summed E-state index contributed by atoms with van der Waals surface area (Å²) in [6, 6.07) is 6.55. The van der Waals surface area contributed by atoms with Gasteiger partial charge >= 0.3 is 5.69 Å². The zero-order valence-corrected chi connectivity index (χ0v) is 15.3. The van der Waals surface area contributed by atoms with Crippen LogP contribution in [-0.2, 0) is 11.3 Å². The molecule has 1 aromatic carbocycles. The van der Waals surface area contributed by atoms with E-state index >= 15 is 0 Å². The summed E-state index contributed by atoms with van der Waals surface area (Å²) in [5.41, 5.74) is 1.14. The highest BCUT2D eigenvalue weighted by Crippen LogP contribution is 2.20. The Morgan fingerprint density at radius 2 is 2.07 bits per heavy atom. The molecule has 0 aliphatic rings. The lowest BCUT2D eigenvalue weighted by Crippen LogP contribution is -2.25. The molecule has 0 bridgehead atoms. The number of benzene rings is 1. The van der Waals surface area contributed by atoms with E-state index in [1.54, 1.807) is 23.7 Å². The molecule has 1 unspecified atom stereocenters. The molecule has 0 aliphatic heterocycles. The Morgan fingerprint density at radius 1 is 1.37 bits per heavy atom. The topological polar surface area (TPSA) is 121 Å². The maximum Gasteiger partial charge on any atom is 0.309 e. The molecule has 0 radical (unpaired) electrons. The molecule has 0 saturated heterocycles. The lowest BCUT2D eigenvalue weighted by atomic mass is 10.2. The van der Waals surface area contributed by atoms with Crippen LogP contribution in [0.5, 0.6) is 0 Å². The van der Waals surface area contributed by atoms with Gasteiger partial charge in [0.1, 0.15) is 24.3 Å². The van der Waals surface area contributed by atoms with Crippen molar-refractivity contribution in [2.24, 2.45) is 0 Å². The number of nitro groups is 1. The van der Waals surface area contributed by atoms with E-state index in [0.29, 0.717) is 17.3 Å². The van der Waals surface area contributed by atoms with Crippen molar-refractivity contribution < 1.29 is 9.72 Å². The largest absolute Gasteiger partial charge is 0.309 e. The molecule has 1 atom stereocenters. The second-order valence-electron chi connectivity index (χ2n) is 5.87. The van der Waals surface area contributed by atoms with Crippen molar-refractivity contribution in [3.8, 4) is 0 Å². The van der Waals surface area contributed by atoms with Crippen LogP contribution in [0.1, 0.15) is 24.2 Å². The third-order valence-corrected chi connectivity index (χ3v) is 4.24. The quantitative estimate of drug-likeness (QED) is 0.511. The first-order valence-corrected chi connectivity index (χ1v) is 8.36. The molecule has 11 heteroatoms. The fourth-order valence-corrected chi connectivity index (χ4v) is 2.64. The summed E-state index contributed by atoms with van der Waals surface area (Å²) in [5, 5.41) is 22.3. The van der Waals surface area contributed by atoms with Gasteiger partial charge in [-0.15, -0.1) is 5.10 Å². The van der Waals surface area contributed by atoms with Crippen molar-refractivity contribution in [3.63, 3.8) is 0 Å². The number of nitrogens with one attached hydrogen (secondary N) is 1. The number of aromatic nitrogens is 5. The van der Waals surface area contributed by atoms with Crippen LogP contribution < -0.4 is 5.32 Å². The zero-order valence-electron chi connectivity index (χ0n) is 14.5. The summed E-state index contributed by atoms with van der Waals surface area (Å²) in [6.45, 7) is 3.60. The number of rotatable bonds is 6. The maximum atomic E-state index is 12.4. The van der Waals surface area contributed by atoms with Gasteiger partial charge in [0.2, 0.25) is 5.95 Å². The molecule has 27 heavy (non-hydrogen) atoms. The molecule has 1 N–H and O–H groups in total. The van der Waals surface area contributed by atoms with Crippen LogP contribution in [0.2, 0.25) is 5.02 Å². The Kier molecular flexibility index (Phi) is 5.17. The number of hydrogen-bond donors (Lipinski definition) is 1. The van der Waals surface area contributed by atoms with Crippen molar-refractivity contribution >= 4 is 29.1 Å². The minimum absolute atomic E-state index is 0.139. The number of halogens is 1. The van der Waals surface area contributed by atoms with E-state index in [9.17, 15) is 14.9 Å². The molecular weight excluding hydrogens is 374 g/mol. The second-order valence-corrected chi connectivity index (χ2v) is 6.31. The standard InChI is InChI=1S/C16H16ClN7O3/c1-10-14(24(26)27)7-19-23(10)11(2)15(25)20-16-18-9-22(21-16)8-12-3-5-13(17)6-4-12/h3-7,9,11H,8H2,1-2H3,(H,20,21,25). The third kappa shape index (κ3) is 4.11. The van der Waals surface area contributed by atoms with Crippen LogP contribution in [-0.4, -0.2) is 35.4 Å². The number of nitrogens with zero attached hydrogens (tertiary/aromatic N) is 6. The van der Waals surface area contributed by atoms with Crippen LogP contribution in [0.25, 0.3) is 0 Å². The van der Waals surface area contributed by atoms with Gasteiger partial charge in [0, 0.05) is 5.02 Å². The van der Waals surface area contributed by atoms with E-state index in [0.717, 1.165) is 11.8 Å². The summed E-state index contributed by atoms with van der Waals surface area (Å²) in [7, 11) is 0. The molecule has 0 fully saturated rings. The van der Waals surface area contributed by atoms with Crippen molar-refractivity contribution in [3.05, 3.63) is 63.2 Å². The Labute approximate surface area is 158 Å². The maximum absolute atomic E-state index is 12.4. The Hall–Kier alpha value is -3.27. The molecule has 3 aromatic rings. The van der Waals surface area contributed by atoms with Gasteiger partial charge in [-0.3, -0.25) is 24.9 Å². The summed E-state index contributed by atoms with van der Waals surface area (Å²) < 4.78 is 2.87. The van der Waals surface area contributed by atoms with Gasteiger partial charge in [0.05, 0.1) is 11.5 Å². The molecule has 140 valence electrons. The number of hydrogen-bond acceptors (Lipinski definition) is 6.